The Morgan fingerprint density at radius 3 is 2.11 bits per heavy atom. The summed E-state index contributed by atoms with van der Waals surface area (Å²) in [5, 5.41) is 11.1. The highest BCUT2D eigenvalue weighted by Crippen LogP contribution is 2.28. The monoisotopic (exact) mass is 274 g/mol. The third-order valence-electron chi connectivity index (χ3n) is 3.45. The average molecular weight is 275 g/mol. The van der Waals surface area contributed by atoms with Crippen molar-refractivity contribution in [2.75, 3.05) is 0 Å². The van der Waals surface area contributed by atoms with Crippen molar-refractivity contribution < 1.29 is 5.11 Å². The van der Waals surface area contributed by atoms with Gasteiger partial charge in [-0.25, -0.2) is 0 Å². The number of rotatable bonds is 3. The van der Waals surface area contributed by atoms with E-state index in [1.54, 1.807) is 0 Å². The van der Waals surface area contributed by atoms with Gasteiger partial charge in [-0.15, -0.1) is 0 Å². The third-order valence-corrected chi connectivity index (χ3v) is 3.69. The van der Waals surface area contributed by atoms with Gasteiger partial charge in [0.25, 0.3) is 0 Å². The highest BCUT2D eigenvalue weighted by molar-refractivity contribution is 6.30. The number of aliphatic hydroxyl groups is 1. The molecule has 1 nitrogen and oxygen atoms in total. The minimum Gasteiger partial charge on any atom is -0.384 e. The lowest BCUT2D eigenvalue weighted by molar-refractivity contribution is 0.219. The Bertz CT molecular complexity index is 558. The molecule has 2 aromatic carbocycles. The summed E-state index contributed by atoms with van der Waals surface area (Å²) in [7, 11) is 0. The van der Waals surface area contributed by atoms with E-state index in [0.29, 0.717) is 10.9 Å². The predicted molar refractivity (Wildman–Crippen MR) is 80.8 cm³/mol. The molecule has 1 atom stereocenters. The lowest BCUT2D eigenvalue weighted by Crippen LogP contribution is -2.02. The fraction of sp³-hybridized carbons (Fsp3) is 0.294. The van der Waals surface area contributed by atoms with Gasteiger partial charge in [0, 0.05) is 5.02 Å². The maximum absolute atomic E-state index is 10.5. The molecule has 0 saturated heterocycles. The predicted octanol–water partition coefficient (Wildman–Crippen LogP) is 4.85. The highest BCUT2D eigenvalue weighted by Gasteiger charge is 2.13. The Hall–Kier alpha value is -1.31. The first-order chi connectivity index (χ1) is 8.99. The number of halogens is 1. The molecule has 0 aliphatic carbocycles. The molecule has 19 heavy (non-hydrogen) atoms. The fourth-order valence-electron chi connectivity index (χ4n) is 2.15. The van der Waals surface area contributed by atoms with E-state index < -0.39 is 6.10 Å². The first-order valence-electron chi connectivity index (χ1n) is 6.53. The summed E-state index contributed by atoms with van der Waals surface area (Å²) in [6, 6.07) is 13.7. The number of hydrogen-bond acceptors (Lipinski definition) is 1. The molecule has 0 aliphatic rings. The molecule has 0 aromatic heterocycles. The smallest absolute Gasteiger partial charge is 0.104 e. The Kier molecular flexibility index (Phi) is 4.28. The van der Waals surface area contributed by atoms with E-state index in [1.165, 1.54) is 5.56 Å². The van der Waals surface area contributed by atoms with Crippen LogP contribution in [0, 0.1) is 6.92 Å². The van der Waals surface area contributed by atoms with Gasteiger partial charge in [0.05, 0.1) is 0 Å². The van der Waals surface area contributed by atoms with Crippen LogP contribution in [0.25, 0.3) is 0 Å². The Labute approximate surface area is 119 Å². The molecule has 1 N–H and O–H groups in total. The molecule has 0 bridgehead atoms. The molecular weight excluding hydrogens is 256 g/mol. The van der Waals surface area contributed by atoms with Crippen molar-refractivity contribution in [3.05, 3.63) is 69.7 Å². The van der Waals surface area contributed by atoms with Gasteiger partial charge in [-0.05, 0) is 47.2 Å². The fourth-order valence-corrected chi connectivity index (χ4v) is 2.33. The van der Waals surface area contributed by atoms with Crippen molar-refractivity contribution in [2.45, 2.75) is 32.8 Å². The summed E-state index contributed by atoms with van der Waals surface area (Å²) in [6.45, 7) is 6.30. The minimum absolute atomic E-state index is 0.499. The van der Waals surface area contributed by atoms with Crippen molar-refractivity contribution >= 4 is 11.6 Å². The van der Waals surface area contributed by atoms with Gasteiger partial charge in [-0.3, -0.25) is 0 Å². The van der Waals surface area contributed by atoms with Crippen molar-refractivity contribution in [3.63, 3.8) is 0 Å². The largest absolute Gasteiger partial charge is 0.384 e. The molecule has 0 spiro atoms. The van der Waals surface area contributed by atoms with Crippen LogP contribution < -0.4 is 0 Å². The molecule has 0 amide bonds. The first-order valence-corrected chi connectivity index (χ1v) is 6.91. The van der Waals surface area contributed by atoms with E-state index in [4.69, 9.17) is 11.6 Å². The molecule has 0 fully saturated rings. The van der Waals surface area contributed by atoms with Gasteiger partial charge in [0.1, 0.15) is 6.10 Å². The normalized spacial score (nSPS) is 12.7. The van der Waals surface area contributed by atoms with Crippen molar-refractivity contribution in [1.82, 2.24) is 0 Å². The molecule has 0 radical (unpaired) electrons. The van der Waals surface area contributed by atoms with Gasteiger partial charge in [-0.1, -0.05) is 55.8 Å². The molecule has 2 heteroatoms. The van der Waals surface area contributed by atoms with Gasteiger partial charge in [-0.2, -0.15) is 0 Å². The van der Waals surface area contributed by atoms with Crippen LogP contribution in [0.15, 0.2) is 42.5 Å². The summed E-state index contributed by atoms with van der Waals surface area (Å²) in [6.07, 6.45) is -0.625. The Morgan fingerprint density at radius 2 is 1.53 bits per heavy atom. The summed E-state index contributed by atoms with van der Waals surface area (Å²) in [4.78, 5) is 0. The van der Waals surface area contributed by atoms with E-state index in [-0.39, 0.29) is 0 Å². The molecule has 0 heterocycles. The standard InChI is InChI=1S/C17H19ClO/c1-11(2)13-5-7-14(8-6-13)17(19)16-10-15(18)9-4-12(16)3/h4-11,17,19H,1-3H3. The van der Waals surface area contributed by atoms with E-state index in [2.05, 4.69) is 26.0 Å². The molecule has 100 valence electrons. The van der Waals surface area contributed by atoms with Gasteiger partial charge in [0.2, 0.25) is 0 Å². The quantitative estimate of drug-likeness (QED) is 0.848. The first kappa shape index (κ1) is 14.1. The lowest BCUT2D eigenvalue weighted by atomic mass is 9.95. The zero-order valence-corrected chi connectivity index (χ0v) is 12.3. The van der Waals surface area contributed by atoms with E-state index >= 15 is 0 Å². The second kappa shape index (κ2) is 5.77. The average Bonchev–Trinajstić information content (AvgIpc) is 2.41. The topological polar surface area (TPSA) is 20.2 Å². The minimum atomic E-state index is -0.625. The van der Waals surface area contributed by atoms with Gasteiger partial charge < -0.3 is 5.11 Å². The number of aryl methyl sites for hydroxylation is 1. The highest BCUT2D eigenvalue weighted by atomic mass is 35.5. The summed E-state index contributed by atoms with van der Waals surface area (Å²) >= 11 is 6.00. The summed E-state index contributed by atoms with van der Waals surface area (Å²) in [5.41, 5.74) is 4.09. The maximum atomic E-state index is 10.5. The van der Waals surface area contributed by atoms with E-state index in [0.717, 1.165) is 16.7 Å². The summed E-state index contributed by atoms with van der Waals surface area (Å²) < 4.78 is 0. The van der Waals surface area contributed by atoms with Gasteiger partial charge in [0.15, 0.2) is 0 Å². The molecular formula is C17H19ClO. The van der Waals surface area contributed by atoms with Crippen molar-refractivity contribution in [3.8, 4) is 0 Å². The molecule has 0 saturated carbocycles. The van der Waals surface area contributed by atoms with E-state index in [9.17, 15) is 5.11 Å². The van der Waals surface area contributed by atoms with Crippen LogP contribution in [0.2, 0.25) is 5.02 Å². The van der Waals surface area contributed by atoms with Crippen molar-refractivity contribution in [1.29, 1.82) is 0 Å². The number of hydrogen-bond donors (Lipinski definition) is 1. The molecule has 2 rings (SSSR count). The third kappa shape index (κ3) is 3.17. The van der Waals surface area contributed by atoms with Crippen LogP contribution in [0.3, 0.4) is 0 Å². The number of aliphatic hydroxyl groups excluding tert-OH is 1. The maximum Gasteiger partial charge on any atom is 0.104 e. The summed E-state index contributed by atoms with van der Waals surface area (Å²) in [5.74, 6) is 0.499. The Morgan fingerprint density at radius 1 is 0.947 bits per heavy atom. The molecule has 2 aromatic rings. The van der Waals surface area contributed by atoms with Crippen LogP contribution in [0.5, 0.6) is 0 Å². The van der Waals surface area contributed by atoms with Crippen molar-refractivity contribution in [2.24, 2.45) is 0 Å². The lowest BCUT2D eigenvalue weighted by Gasteiger charge is -2.15. The van der Waals surface area contributed by atoms with Crippen LogP contribution in [0.1, 0.15) is 48.1 Å². The van der Waals surface area contributed by atoms with Gasteiger partial charge >= 0.3 is 0 Å². The zero-order valence-electron chi connectivity index (χ0n) is 11.5. The second-order valence-electron chi connectivity index (χ2n) is 5.22. The molecule has 0 aliphatic heterocycles. The van der Waals surface area contributed by atoms with Crippen LogP contribution in [-0.4, -0.2) is 5.11 Å². The van der Waals surface area contributed by atoms with Crippen LogP contribution >= 0.6 is 11.6 Å². The number of benzene rings is 2. The van der Waals surface area contributed by atoms with Crippen LogP contribution in [-0.2, 0) is 0 Å². The second-order valence-corrected chi connectivity index (χ2v) is 5.66. The zero-order chi connectivity index (χ0) is 14.0. The van der Waals surface area contributed by atoms with Crippen LogP contribution in [0.4, 0.5) is 0 Å². The molecule has 1 unspecified atom stereocenters. The van der Waals surface area contributed by atoms with E-state index in [1.807, 2.05) is 37.3 Å². The SMILES string of the molecule is Cc1ccc(Cl)cc1C(O)c1ccc(C(C)C)cc1. The Balaban J connectivity index is 2.33.